The standard InChI is InChI=1S/C19H23N3O4/c1-24-16-7-4-13(11-17(16)26-19-3-2-10-25-19)15-8-9-20-22(15)12-18(23)21-14-5-6-14/h4,7-9,11,14,19H,2-3,5-6,10,12H2,1H3,(H,21,23). The van der Waals surface area contributed by atoms with Gasteiger partial charge in [-0.1, -0.05) is 0 Å². The number of nitrogens with zero attached hydrogens (tertiary/aromatic N) is 2. The van der Waals surface area contributed by atoms with E-state index in [9.17, 15) is 4.79 Å². The molecule has 0 radical (unpaired) electrons. The number of carbonyl (C=O) groups is 1. The van der Waals surface area contributed by atoms with Gasteiger partial charge in [-0.05, 0) is 43.5 Å². The molecule has 1 saturated heterocycles. The number of amides is 1. The Balaban J connectivity index is 1.55. The molecule has 1 aliphatic heterocycles. The van der Waals surface area contributed by atoms with Crippen LogP contribution < -0.4 is 14.8 Å². The van der Waals surface area contributed by atoms with E-state index in [0.29, 0.717) is 17.5 Å². The zero-order valence-electron chi connectivity index (χ0n) is 14.8. The van der Waals surface area contributed by atoms with E-state index < -0.39 is 0 Å². The number of methoxy groups -OCH3 is 1. The average Bonchev–Trinajstić information content (AvgIpc) is 3.09. The van der Waals surface area contributed by atoms with Crippen LogP contribution in [0.2, 0.25) is 0 Å². The highest BCUT2D eigenvalue weighted by Gasteiger charge is 2.24. The topological polar surface area (TPSA) is 74.6 Å². The zero-order valence-corrected chi connectivity index (χ0v) is 14.8. The van der Waals surface area contributed by atoms with Crippen LogP contribution in [0.15, 0.2) is 30.5 Å². The van der Waals surface area contributed by atoms with Gasteiger partial charge >= 0.3 is 0 Å². The van der Waals surface area contributed by atoms with Gasteiger partial charge in [0.15, 0.2) is 17.8 Å². The molecule has 2 aromatic rings. The van der Waals surface area contributed by atoms with E-state index in [1.807, 2.05) is 24.3 Å². The van der Waals surface area contributed by atoms with Crippen molar-refractivity contribution < 1.29 is 19.0 Å². The van der Waals surface area contributed by atoms with Crippen molar-refractivity contribution >= 4 is 5.91 Å². The highest BCUT2D eigenvalue weighted by Crippen LogP contribution is 2.34. The lowest BCUT2D eigenvalue weighted by Gasteiger charge is -2.17. The summed E-state index contributed by atoms with van der Waals surface area (Å²) in [7, 11) is 1.61. The second-order valence-corrected chi connectivity index (χ2v) is 6.64. The molecule has 0 spiro atoms. The molecule has 1 aliphatic carbocycles. The SMILES string of the molecule is COc1ccc(-c2ccnn2CC(=O)NC2CC2)cc1OC1CCCO1. The Kier molecular flexibility index (Phi) is 4.79. The van der Waals surface area contributed by atoms with Gasteiger partial charge in [-0.15, -0.1) is 0 Å². The Labute approximate surface area is 152 Å². The third kappa shape index (κ3) is 3.83. The van der Waals surface area contributed by atoms with Crippen molar-refractivity contribution in [1.82, 2.24) is 15.1 Å². The molecule has 1 N–H and O–H groups in total. The van der Waals surface area contributed by atoms with Crippen LogP contribution in [0.1, 0.15) is 25.7 Å². The number of rotatable bonds is 7. The summed E-state index contributed by atoms with van der Waals surface area (Å²) in [6.07, 6.45) is 5.46. The molecule has 2 aliphatic rings. The molecule has 2 fully saturated rings. The molecule has 1 aromatic carbocycles. The summed E-state index contributed by atoms with van der Waals surface area (Å²) in [5.74, 6) is 1.27. The van der Waals surface area contributed by atoms with Gasteiger partial charge in [0.2, 0.25) is 5.91 Å². The number of ether oxygens (including phenoxy) is 3. The van der Waals surface area contributed by atoms with Crippen LogP contribution in [0, 0.1) is 0 Å². The van der Waals surface area contributed by atoms with Gasteiger partial charge in [0.25, 0.3) is 0 Å². The number of benzene rings is 1. The molecule has 7 nitrogen and oxygen atoms in total. The predicted octanol–water partition coefficient (Wildman–Crippen LogP) is 2.35. The zero-order chi connectivity index (χ0) is 17.9. The van der Waals surface area contributed by atoms with E-state index in [1.165, 1.54) is 0 Å². The Morgan fingerprint density at radius 3 is 2.92 bits per heavy atom. The summed E-state index contributed by atoms with van der Waals surface area (Å²) >= 11 is 0. The fourth-order valence-electron chi connectivity index (χ4n) is 3.05. The van der Waals surface area contributed by atoms with E-state index in [1.54, 1.807) is 18.0 Å². The minimum atomic E-state index is -0.242. The molecule has 1 unspecified atom stereocenters. The maximum absolute atomic E-state index is 12.1. The highest BCUT2D eigenvalue weighted by molar-refractivity contribution is 5.77. The molecule has 138 valence electrons. The van der Waals surface area contributed by atoms with Crippen LogP contribution in [0.4, 0.5) is 0 Å². The fraction of sp³-hybridized carbons (Fsp3) is 0.474. The largest absolute Gasteiger partial charge is 0.493 e. The summed E-state index contributed by atoms with van der Waals surface area (Å²) in [4.78, 5) is 12.1. The molecular formula is C19H23N3O4. The van der Waals surface area contributed by atoms with Crippen LogP contribution in [0.25, 0.3) is 11.3 Å². The third-order valence-electron chi connectivity index (χ3n) is 4.56. The summed E-state index contributed by atoms with van der Waals surface area (Å²) in [6.45, 7) is 0.919. The first-order valence-corrected chi connectivity index (χ1v) is 9.01. The second-order valence-electron chi connectivity index (χ2n) is 6.64. The van der Waals surface area contributed by atoms with Crippen LogP contribution in [-0.2, 0) is 16.1 Å². The molecule has 1 amide bonds. The lowest BCUT2D eigenvalue weighted by atomic mass is 10.1. The number of carbonyl (C=O) groups excluding carboxylic acids is 1. The van der Waals surface area contributed by atoms with E-state index >= 15 is 0 Å². The van der Waals surface area contributed by atoms with E-state index in [4.69, 9.17) is 14.2 Å². The molecule has 7 heteroatoms. The molecule has 0 bridgehead atoms. The summed E-state index contributed by atoms with van der Waals surface area (Å²) < 4.78 is 18.6. The highest BCUT2D eigenvalue weighted by atomic mass is 16.7. The first-order valence-electron chi connectivity index (χ1n) is 9.01. The number of hydrogen-bond acceptors (Lipinski definition) is 5. The smallest absolute Gasteiger partial charge is 0.241 e. The third-order valence-corrected chi connectivity index (χ3v) is 4.56. The minimum absolute atomic E-state index is 0.0122. The van der Waals surface area contributed by atoms with Crippen LogP contribution in [-0.4, -0.2) is 41.7 Å². The van der Waals surface area contributed by atoms with Crippen molar-refractivity contribution in [3.63, 3.8) is 0 Å². The van der Waals surface area contributed by atoms with Crippen LogP contribution >= 0.6 is 0 Å². The van der Waals surface area contributed by atoms with Crippen molar-refractivity contribution in [2.45, 2.75) is 44.6 Å². The van der Waals surface area contributed by atoms with E-state index in [-0.39, 0.29) is 18.7 Å². The van der Waals surface area contributed by atoms with Crippen molar-refractivity contribution in [1.29, 1.82) is 0 Å². The van der Waals surface area contributed by atoms with E-state index in [0.717, 1.165) is 43.5 Å². The van der Waals surface area contributed by atoms with Gasteiger partial charge in [-0.25, -0.2) is 0 Å². The monoisotopic (exact) mass is 357 g/mol. The molecule has 1 aromatic heterocycles. The van der Waals surface area contributed by atoms with Crippen LogP contribution in [0.5, 0.6) is 11.5 Å². The molecule has 4 rings (SSSR count). The first kappa shape index (κ1) is 16.9. The Hall–Kier alpha value is -2.54. The Morgan fingerprint density at radius 1 is 1.31 bits per heavy atom. The second kappa shape index (κ2) is 7.37. The van der Waals surface area contributed by atoms with Gasteiger partial charge in [0.1, 0.15) is 6.54 Å². The molecule has 26 heavy (non-hydrogen) atoms. The molecular weight excluding hydrogens is 334 g/mol. The summed E-state index contributed by atoms with van der Waals surface area (Å²) in [6, 6.07) is 7.94. The number of aromatic nitrogens is 2. The number of nitrogens with one attached hydrogen (secondary N) is 1. The summed E-state index contributed by atoms with van der Waals surface area (Å²) in [5.41, 5.74) is 1.77. The molecule has 1 atom stereocenters. The maximum atomic E-state index is 12.1. The van der Waals surface area contributed by atoms with Gasteiger partial charge in [-0.3, -0.25) is 9.48 Å². The number of hydrogen-bond donors (Lipinski definition) is 1. The minimum Gasteiger partial charge on any atom is -0.493 e. The van der Waals surface area contributed by atoms with Gasteiger partial charge in [-0.2, -0.15) is 5.10 Å². The average molecular weight is 357 g/mol. The van der Waals surface area contributed by atoms with Crippen molar-refractivity contribution in [3.8, 4) is 22.8 Å². The first-order chi connectivity index (χ1) is 12.7. The van der Waals surface area contributed by atoms with Gasteiger partial charge < -0.3 is 19.5 Å². The fourth-order valence-corrected chi connectivity index (χ4v) is 3.05. The molecule has 1 saturated carbocycles. The normalized spacial score (nSPS) is 19.3. The van der Waals surface area contributed by atoms with Gasteiger partial charge in [0, 0.05) is 24.2 Å². The summed E-state index contributed by atoms with van der Waals surface area (Å²) in [5, 5.41) is 7.28. The predicted molar refractivity (Wildman–Crippen MR) is 95.0 cm³/mol. The Bertz CT molecular complexity index is 779. The van der Waals surface area contributed by atoms with E-state index in [2.05, 4.69) is 10.4 Å². The molecule has 2 heterocycles. The maximum Gasteiger partial charge on any atom is 0.241 e. The van der Waals surface area contributed by atoms with Crippen molar-refractivity contribution in [2.75, 3.05) is 13.7 Å². The lowest BCUT2D eigenvalue weighted by Crippen LogP contribution is -2.29. The van der Waals surface area contributed by atoms with Crippen molar-refractivity contribution in [3.05, 3.63) is 30.5 Å². The van der Waals surface area contributed by atoms with Crippen LogP contribution in [0.3, 0.4) is 0 Å². The Morgan fingerprint density at radius 2 is 2.19 bits per heavy atom. The quantitative estimate of drug-likeness (QED) is 0.823. The van der Waals surface area contributed by atoms with Gasteiger partial charge in [0.05, 0.1) is 19.4 Å². The van der Waals surface area contributed by atoms with Crippen molar-refractivity contribution in [2.24, 2.45) is 0 Å². The lowest BCUT2D eigenvalue weighted by molar-refractivity contribution is -0.121.